The molecule has 0 aliphatic heterocycles. The Morgan fingerprint density at radius 2 is 1.91 bits per heavy atom. The molecule has 0 fully saturated rings. The predicted molar refractivity (Wildman–Crippen MR) is 50.0 cm³/mol. The first-order valence-corrected chi connectivity index (χ1v) is 4.36. The van der Waals surface area contributed by atoms with Crippen LogP contribution in [0.15, 0.2) is 0 Å². The van der Waals surface area contributed by atoms with Gasteiger partial charge in [0.1, 0.15) is 0 Å². The van der Waals surface area contributed by atoms with E-state index in [1.54, 1.807) is 7.11 Å². The first kappa shape index (κ1) is 10.8. The molecular formula is C8H16O2S. The monoisotopic (exact) mass is 176 g/mol. The van der Waals surface area contributed by atoms with Gasteiger partial charge in [-0.1, -0.05) is 6.92 Å². The lowest BCUT2D eigenvalue weighted by Gasteiger charge is -2.04. The molecule has 0 heterocycles. The Kier molecular flexibility index (Phi) is 7.84. The summed E-state index contributed by atoms with van der Waals surface area (Å²) in [7, 11) is 1.71. The summed E-state index contributed by atoms with van der Waals surface area (Å²) in [5.41, 5.74) is 0. The molecule has 0 aromatic heterocycles. The Morgan fingerprint density at radius 1 is 1.27 bits per heavy atom. The second-order valence-electron chi connectivity index (χ2n) is 2.27. The molecule has 0 saturated carbocycles. The van der Waals surface area contributed by atoms with Crippen molar-refractivity contribution in [2.75, 3.05) is 20.3 Å². The fourth-order valence-corrected chi connectivity index (χ4v) is 0.720. The Hall–Kier alpha value is -0.150. The van der Waals surface area contributed by atoms with Crippen LogP contribution in [0.4, 0.5) is 0 Å². The second kappa shape index (κ2) is 7.95. The minimum Gasteiger partial charge on any atom is -0.487 e. The number of methoxy groups -OCH3 is 1. The SMILES string of the molecule is CCC(=S)OCCCCOC. The van der Waals surface area contributed by atoms with Gasteiger partial charge in [0.15, 0.2) is 5.05 Å². The van der Waals surface area contributed by atoms with Gasteiger partial charge in [-0.2, -0.15) is 0 Å². The molecule has 0 aromatic rings. The van der Waals surface area contributed by atoms with E-state index in [-0.39, 0.29) is 0 Å². The molecule has 66 valence electrons. The molecule has 2 nitrogen and oxygen atoms in total. The van der Waals surface area contributed by atoms with Crippen molar-refractivity contribution in [2.45, 2.75) is 26.2 Å². The number of thiocarbonyl (C=S) groups is 1. The summed E-state index contributed by atoms with van der Waals surface area (Å²) in [5, 5.41) is 0.711. The van der Waals surface area contributed by atoms with E-state index in [4.69, 9.17) is 21.7 Å². The average Bonchev–Trinajstić information content (AvgIpc) is 2.04. The standard InChI is InChI=1S/C8H16O2S/c1-3-8(11)10-7-5-4-6-9-2/h3-7H2,1-2H3. The topological polar surface area (TPSA) is 18.5 Å². The summed E-state index contributed by atoms with van der Waals surface area (Å²) in [6.07, 6.45) is 2.90. The molecular weight excluding hydrogens is 160 g/mol. The average molecular weight is 176 g/mol. The lowest BCUT2D eigenvalue weighted by molar-refractivity contribution is 0.183. The fraction of sp³-hybridized carbons (Fsp3) is 0.875. The van der Waals surface area contributed by atoms with Crippen molar-refractivity contribution in [2.24, 2.45) is 0 Å². The maximum Gasteiger partial charge on any atom is 0.159 e. The summed E-state index contributed by atoms with van der Waals surface area (Å²) < 4.78 is 10.1. The number of hydrogen-bond acceptors (Lipinski definition) is 3. The smallest absolute Gasteiger partial charge is 0.159 e. The van der Waals surface area contributed by atoms with E-state index < -0.39 is 0 Å². The molecule has 11 heavy (non-hydrogen) atoms. The summed E-state index contributed by atoms with van der Waals surface area (Å²) in [4.78, 5) is 0. The molecule has 0 aliphatic carbocycles. The van der Waals surface area contributed by atoms with Gasteiger partial charge in [0.2, 0.25) is 0 Å². The van der Waals surface area contributed by atoms with Gasteiger partial charge in [-0.3, -0.25) is 0 Å². The van der Waals surface area contributed by atoms with Gasteiger partial charge in [0.25, 0.3) is 0 Å². The van der Waals surface area contributed by atoms with Gasteiger partial charge in [0, 0.05) is 20.1 Å². The molecule has 0 spiro atoms. The highest BCUT2D eigenvalue weighted by Crippen LogP contribution is 1.94. The predicted octanol–water partition coefficient (Wildman–Crippen LogP) is 2.17. The molecule has 0 bridgehead atoms. The minimum absolute atomic E-state index is 0.711. The molecule has 0 N–H and O–H groups in total. The van der Waals surface area contributed by atoms with Gasteiger partial charge < -0.3 is 9.47 Å². The third-order valence-electron chi connectivity index (χ3n) is 1.29. The molecule has 0 radical (unpaired) electrons. The van der Waals surface area contributed by atoms with Gasteiger partial charge in [0.05, 0.1) is 6.61 Å². The summed E-state index contributed by atoms with van der Waals surface area (Å²) in [6, 6.07) is 0. The molecule has 0 aliphatic rings. The van der Waals surface area contributed by atoms with E-state index >= 15 is 0 Å². The van der Waals surface area contributed by atoms with Crippen molar-refractivity contribution in [3.8, 4) is 0 Å². The maximum absolute atomic E-state index is 5.21. The summed E-state index contributed by atoms with van der Waals surface area (Å²) in [6.45, 7) is 3.54. The van der Waals surface area contributed by atoms with Gasteiger partial charge in [-0.05, 0) is 25.1 Å². The molecule has 0 atom stereocenters. The number of ether oxygens (including phenoxy) is 2. The van der Waals surface area contributed by atoms with Crippen LogP contribution in [0.5, 0.6) is 0 Å². The van der Waals surface area contributed by atoms with Crippen LogP contribution >= 0.6 is 12.2 Å². The van der Waals surface area contributed by atoms with Gasteiger partial charge >= 0.3 is 0 Å². The lowest BCUT2D eigenvalue weighted by Crippen LogP contribution is -2.02. The van der Waals surface area contributed by atoms with E-state index in [1.807, 2.05) is 6.92 Å². The van der Waals surface area contributed by atoms with Crippen LogP contribution in [0, 0.1) is 0 Å². The van der Waals surface area contributed by atoms with Crippen molar-refractivity contribution >= 4 is 17.3 Å². The minimum atomic E-state index is 0.711. The molecule has 0 amide bonds. The first-order valence-electron chi connectivity index (χ1n) is 3.95. The summed E-state index contributed by atoms with van der Waals surface area (Å²) in [5.74, 6) is 0. The zero-order valence-electron chi connectivity index (χ0n) is 7.26. The zero-order valence-corrected chi connectivity index (χ0v) is 8.08. The molecule has 0 rings (SSSR count). The van der Waals surface area contributed by atoms with Crippen LogP contribution in [0.3, 0.4) is 0 Å². The molecule has 0 saturated heterocycles. The van der Waals surface area contributed by atoms with Crippen molar-refractivity contribution in [3.05, 3.63) is 0 Å². The lowest BCUT2D eigenvalue weighted by atomic mass is 10.3. The highest BCUT2D eigenvalue weighted by molar-refractivity contribution is 7.80. The molecule has 3 heteroatoms. The summed E-state index contributed by atoms with van der Waals surface area (Å²) >= 11 is 4.88. The van der Waals surface area contributed by atoms with Gasteiger partial charge in [-0.25, -0.2) is 0 Å². The number of unbranched alkanes of at least 4 members (excludes halogenated alkanes) is 1. The van der Waals surface area contributed by atoms with E-state index in [0.717, 1.165) is 32.5 Å². The molecule has 0 unspecified atom stereocenters. The van der Waals surface area contributed by atoms with Crippen molar-refractivity contribution in [1.29, 1.82) is 0 Å². The Morgan fingerprint density at radius 3 is 2.45 bits per heavy atom. The van der Waals surface area contributed by atoms with Crippen LogP contribution in [0.1, 0.15) is 26.2 Å². The van der Waals surface area contributed by atoms with Crippen LogP contribution in [0.2, 0.25) is 0 Å². The highest BCUT2D eigenvalue weighted by atomic mass is 32.1. The molecule has 0 aromatic carbocycles. The largest absolute Gasteiger partial charge is 0.487 e. The van der Waals surface area contributed by atoms with Gasteiger partial charge in [-0.15, -0.1) is 0 Å². The Bertz CT molecular complexity index is 104. The first-order chi connectivity index (χ1) is 5.31. The van der Waals surface area contributed by atoms with Crippen LogP contribution in [-0.4, -0.2) is 25.4 Å². The van der Waals surface area contributed by atoms with E-state index in [9.17, 15) is 0 Å². The zero-order chi connectivity index (χ0) is 8.53. The fourth-order valence-electron chi connectivity index (χ4n) is 0.637. The third-order valence-corrected chi connectivity index (χ3v) is 1.70. The Balaban J connectivity index is 2.95. The van der Waals surface area contributed by atoms with Crippen LogP contribution < -0.4 is 0 Å². The maximum atomic E-state index is 5.21. The van der Waals surface area contributed by atoms with E-state index in [2.05, 4.69) is 0 Å². The highest BCUT2D eigenvalue weighted by Gasteiger charge is 1.92. The quantitative estimate of drug-likeness (QED) is 0.456. The van der Waals surface area contributed by atoms with Crippen molar-refractivity contribution in [3.63, 3.8) is 0 Å². The van der Waals surface area contributed by atoms with Crippen LogP contribution in [-0.2, 0) is 9.47 Å². The Labute approximate surface area is 73.9 Å². The third kappa shape index (κ3) is 7.75. The van der Waals surface area contributed by atoms with Crippen molar-refractivity contribution in [1.82, 2.24) is 0 Å². The number of rotatable bonds is 6. The van der Waals surface area contributed by atoms with Crippen molar-refractivity contribution < 1.29 is 9.47 Å². The number of hydrogen-bond donors (Lipinski definition) is 0. The van der Waals surface area contributed by atoms with E-state index in [0.29, 0.717) is 5.05 Å². The van der Waals surface area contributed by atoms with E-state index in [1.165, 1.54) is 0 Å². The normalized spacial score (nSPS) is 9.64. The van der Waals surface area contributed by atoms with Crippen LogP contribution in [0.25, 0.3) is 0 Å². The second-order valence-corrected chi connectivity index (χ2v) is 2.73.